The average Bonchev–Trinajstić information content (AvgIpc) is 3.84. The zero-order chi connectivity index (χ0) is 32.8. The fourth-order valence-electron chi connectivity index (χ4n) is 8.25. The summed E-state index contributed by atoms with van der Waals surface area (Å²) in [6.07, 6.45) is 5.87. The predicted molar refractivity (Wildman–Crippen MR) is 216 cm³/mol. The maximum absolute atomic E-state index is 2.46. The van der Waals surface area contributed by atoms with E-state index >= 15 is 0 Å². The van der Waals surface area contributed by atoms with E-state index in [-0.39, 0.29) is 0 Å². The first-order valence-corrected chi connectivity index (χ1v) is 18.8. The second kappa shape index (κ2) is 11.0. The van der Waals surface area contributed by atoms with Crippen LogP contribution in [0.4, 0.5) is 11.4 Å². The van der Waals surface area contributed by atoms with Crippen molar-refractivity contribution in [3.63, 3.8) is 0 Å². The fourth-order valence-corrected chi connectivity index (χ4v) is 10.7. The van der Waals surface area contributed by atoms with Crippen LogP contribution in [0.1, 0.15) is 17.9 Å². The summed E-state index contributed by atoms with van der Waals surface area (Å²) >= 11 is 3.81. The van der Waals surface area contributed by atoms with Gasteiger partial charge in [-0.05, 0) is 94.4 Å². The summed E-state index contributed by atoms with van der Waals surface area (Å²) in [5.41, 5.74) is 8.64. The van der Waals surface area contributed by atoms with Crippen molar-refractivity contribution in [3.8, 4) is 5.69 Å². The number of rotatable bonds is 4. The molecule has 4 heteroatoms. The van der Waals surface area contributed by atoms with Crippen molar-refractivity contribution < 1.29 is 0 Å². The van der Waals surface area contributed by atoms with Crippen molar-refractivity contribution >= 4 is 87.2 Å². The molecule has 0 spiro atoms. The molecule has 2 aliphatic rings. The Morgan fingerprint density at radius 3 is 2.24 bits per heavy atom. The lowest BCUT2D eigenvalue weighted by Crippen LogP contribution is -2.18. The monoisotopic (exact) mass is 674 g/mol. The molecule has 0 radical (unpaired) electrons. The first kappa shape index (κ1) is 28.3. The molecular formula is C46H30N2S2. The van der Waals surface area contributed by atoms with Gasteiger partial charge in [0.05, 0.1) is 11.0 Å². The summed E-state index contributed by atoms with van der Waals surface area (Å²) < 4.78 is 5.07. The molecule has 9 aromatic rings. The Kier molecular flexibility index (Phi) is 6.21. The molecule has 0 amide bonds. The van der Waals surface area contributed by atoms with Crippen molar-refractivity contribution in [1.82, 2.24) is 4.57 Å². The van der Waals surface area contributed by atoms with E-state index in [0.717, 1.165) is 17.8 Å². The summed E-state index contributed by atoms with van der Waals surface area (Å²) in [4.78, 5) is 5.28. The van der Waals surface area contributed by atoms with Crippen molar-refractivity contribution in [2.45, 2.75) is 17.2 Å². The molecule has 0 fully saturated rings. The molecule has 11 rings (SSSR count). The molecule has 0 bridgehead atoms. The van der Waals surface area contributed by atoms with E-state index in [1.165, 1.54) is 79.5 Å². The van der Waals surface area contributed by atoms with Gasteiger partial charge in [-0.2, -0.15) is 0 Å². The van der Waals surface area contributed by atoms with Crippen LogP contribution in [0.25, 0.3) is 58.4 Å². The fraction of sp³-hybridized carbons (Fsp3) is 0.0435. The standard InChI is InChI=1S/C46H30N2S2/c1-2-10-34-29(9-1)17-26-41-46(34)39-13-3-6-14-40(39)48(41)31-20-18-30(19-21-31)47(32-22-24-37-35-11-4-7-15-42(35)49-44(37)27-32)33-23-25-38-36-12-5-8-16-43(36)50-45(38)28-33/h1-24,26-28,38H,25H2. The second-order valence-corrected chi connectivity index (χ2v) is 15.5. The third kappa shape index (κ3) is 4.22. The highest BCUT2D eigenvalue weighted by Gasteiger charge is 2.31. The maximum atomic E-state index is 2.46. The van der Waals surface area contributed by atoms with E-state index in [0.29, 0.717) is 5.92 Å². The van der Waals surface area contributed by atoms with Gasteiger partial charge in [-0.15, -0.1) is 11.3 Å². The molecule has 236 valence electrons. The number of fused-ring (bicyclic) bond motifs is 11. The van der Waals surface area contributed by atoms with Crippen LogP contribution in [0.5, 0.6) is 0 Å². The highest BCUT2D eigenvalue weighted by Crippen LogP contribution is 2.53. The van der Waals surface area contributed by atoms with Gasteiger partial charge in [-0.1, -0.05) is 109 Å². The maximum Gasteiger partial charge on any atom is 0.0547 e. The number of hydrogen-bond donors (Lipinski definition) is 0. The highest BCUT2D eigenvalue weighted by molar-refractivity contribution is 8.03. The van der Waals surface area contributed by atoms with Gasteiger partial charge in [0.25, 0.3) is 0 Å². The molecule has 7 aromatic carbocycles. The minimum atomic E-state index is 0.445. The lowest BCUT2D eigenvalue weighted by atomic mass is 9.91. The number of benzene rings is 7. The molecule has 1 atom stereocenters. The summed E-state index contributed by atoms with van der Waals surface area (Å²) in [5.74, 6) is 0.445. The number of allylic oxidation sites excluding steroid dienone is 3. The number of thiophene rings is 1. The summed E-state index contributed by atoms with van der Waals surface area (Å²) in [7, 11) is 0. The molecule has 1 aliphatic heterocycles. The molecule has 50 heavy (non-hydrogen) atoms. The summed E-state index contributed by atoms with van der Waals surface area (Å²) in [6, 6.07) is 55.9. The van der Waals surface area contributed by atoms with Crippen LogP contribution in [-0.4, -0.2) is 4.57 Å². The molecule has 1 aliphatic carbocycles. The number of para-hydroxylation sites is 1. The zero-order valence-corrected chi connectivity index (χ0v) is 28.7. The Morgan fingerprint density at radius 1 is 0.580 bits per heavy atom. The molecule has 0 saturated heterocycles. The van der Waals surface area contributed by atoms with E-state index in [1.54, 1.807) is 0 Å². The predicted octanol–water partition coefficient (Wildman–Crippen LogP) is 13.5. The van der Waals surface area contributed by atoms with Crippen molar-refractivity contribution in [1.29, 1.82) is 0 Å². The minimum Gasteiger partial charge on any atom is -0.311 e. The molecule has 2 nitrogen and oxygen atoms in total. The van der Waals surface area contributed by atoms with Gasteiger partial charge in [-0.3, -0.25) is 0 Å². The van der Waals surface area contributed by atoms with Gasteiger partial charge in [-0.25, -0.2) is 0 Å². The first-order chi connectivity index (χ1) is 24.8. The zero-order valence-electron chi connectivity index (χ0n) is 27.1. The second-order valence-electron chi connectivity index (χ2n) is 13.3. The highest BCUT2D eigenvalue weighted by atomic mass is 32.2. The number of thioether (sulfide) groups is 1. The van der Waals surface area contributed by atoms with Gasteiger partial charge in [0, 0.05) is 64.5 Å². The van der Waals surface area contributed by atoms with Crippen LogP contribution in [0.15, 0.2) is 179 Å². The van der Waals surface area contributed by atoms with E-state index in [2.05, 4.69) is 173 Å². The topological polar surface area (TPSA) is 8.17 Å². The number of nitrogens with zero attached hydrogens (tertiary/aromatic N) is 2. The quantitative estimate of drug-likeness (QED) is 0.184. The van der Waals surface area contributed by atoms with Crippen molar-refractivity contribution in [2.24, 2.45) is 0 Å². The van der Waals surface area contributed by atoms with Crippen LogP contribution in [-0.2, 0) is 0 Å². The molecule has 1 unspecified atom stereocenters. The Morgan fingerprint density at radius 2 is 1.32 bits per heavy atom. The molecule has 2 aromatic heterocycles. The Balaban J connectivity index is 1.06. The average molecular weight is 675 g/mol. The van der Waals surface area contributed by atoms with Crippen LogP contribution >= 0.6 is 23.1 Å². The Labute approximate surface area is 298 Å². The lowest BCUT2D eigenvalue weighted by molar-refractivity contribution is 0.825. The Hall–Kier alpha value is -5.55. The first-order valence-electron chi connectivity index (χ1n) is 17.2. The van der Waals surface area contributed by atoms with Crippen molar-refractivity contribution in [3.05, 3.63) is 180 Å². The van der Waals surface area contributed by atoms with E-state index in [1.807, 2.05) is 23.1 Å². The third-order valence-corrected chi connectivity index (χ3v) is 12.9. The number of anilines is 2. The van der Waals surface area contributed by atoms with Crippen LogP contribution < -0.4 is 4.90 Å². The van der Waals surface area contributed by atoms with Gasteiger partial charge < -0.3 is 9.47 Å². The van der Waals surface area contributed by atoms with E-state index in [9.17, 15) is 0 Å². The summed E-state index contributed by atoms with van der Waals surface area (Å²) in [5, 5.41) is 7.80. The smallest absolute Gasteiger partial charge is 0.0547 e. The van der Waals surface area contributed by atoms with Gasteiger partial charge >= 0.3 is 0 Å². The van der Waals surface area contributed by atoms with Crippen LogP contribution in [0.3, 0.4) is 0 Å². The van der Waals surface area contributed by atoms with Gasteiger partial charge in [0.15, 0.2) is 0 Å². The van der Waals surface area contributed by atoms with Gasteiger partial charge in [0.1, 0.15) is 0 Å². The normalized spacial score (nSPS) is 15.5. The van der Waals surface area contributed by atoms with E-state index in [4.69, 9.17) is 0 Å². The largest absolute Gasteiger partial charge is 0.311 e. The molecule has 0 saturated carbocycles. The third-order valence-electron chi connectivity index (χ3n) is 10.5. The SMILES string of the molecule is C1=C2Sc3ccccc3C2CC=C1N(c1ccc(-n2c3ccccc3c3c4ccccc4ccc32)cc1)c1ccc2c(c1)sc1ccccc12. The van der Waals surface area contributed by atoms with Crippen LogP contribution in [0, 0.1) is 0 Å². The van der Waals surface area contributed by atoms with Gasteiger partial charge in [0.2, 0.25) is 0 Å². The lowest BCUT2D eigenvalue weighted by Gasteiger charge is -2.30. The van der Waals surface area contributed by atoms with E-state index < -0.39 is 0 Å². The molecule has 0 N–H and O–H groups in total. The number of aromatic nitrogens is 1. The summed E-state index contributed by atoms with van der Waals surface area (Å²) in [6.45, 7) is 0. The van der Waals surface area contributed by atoms with Crippen LogP contribution in [0.2, 0.25) is 0 Å². The van der Waals surface area contributed by atoms with Crippen molar-refractivity contribution in [2.75, 3.05) is 4.90 Å². The Bertz CT molecular complexity index is 2890. The molecule has 3 heterocycles. The molecular weight excluding hydrogens is 645 g/mol. The number of hydrogen-bond acceptors (Lipinski definition) is 3. The minimum absolute atomic E-state index is 0.445.